The number of sulfonamides is 1. The van der Waals surface area contributed by atoms with Crippen LogP contribution in [0.5, 0.6) is 5.75 Å². The Bertz CT molecular complexity index is 570. The molecule has 0 atom stereocenters. The third kappa shape index (κ3) is 8.37. The fraction of sp³-hybridized carbons (Fsp3) is 0.500. The number of hydrogen-bond acceptors (Lipinski definition) is 5. The lowest BCUT2D eigenvalue weighted by atomic mass is 10.3. The maximum absolute atomic E-state index is 12.3. The standard InChI is InChI=1S/C12H17F3N2O4S.ClH/c1-20-9-8-16-6-7-17-22(18,19)11-5-3-2-4-10(11)21-12(13,14)15;/h2-5,16-17H,6-9H2,1H3;1H. The third-order valence-corrected chi connectivity index (χ3v) is 3.94. The SMILES string of the molecule is COCCNCCNS(=O)(=O)c1ccccc1OC(F)(F)F.Cl. The van der Waals surface area contributed by atoms with Crippen molar-refractivity contribution in [2.24, 2.45) is 0 Å². The van der Waals surface area contributed by atoms with E-state index in [2.05, 4.69) is 14.8 Å². The molecule has 0 aliphatic heterocycles. The molecule has 1 aromatic rings. The van der Waals surface area contributed by atoms with Gasteiger partial charge in [0, 0.05) is 26.7 Å². The largest absolute Gasteiger partial charge is 0.573 e. The zero-order valence-electron chi connectivity index (χ0n) is 12.2. The number of hydrogen-bond donors (Lipinski definition) is 2. The number of methoxy groups -OCH3 is 1. The fourth-order valence-corrected chi connectivity index (χ4v) is 2.69. The molecule has 0 heterocycles. The van der Waals surface area contributed by atoms with E-state index in [9.17, 15) is 21.6 Å². The van der Waals surface area contributed by atoms with Gasteiger partial charge in [-0.25, -0.2) is 13.1 Å². The van der Waals surface area contributed by atoms with Crippen LogP contribution in [0.1, 0.15) is 0 Å². The Hall–Kier alpha value is -1.07. The number of alkyl halides is 3. The van der Waals surface area contributed by atoms with Crippen LogP contribution in [-0.2, 0) is 14.8 Å². The van der Waals surface area contributed by atoms with Crippen LogP contribution < -0.4 is 14.8 Å². The van der Waals surface area contributed by atoms with Gasteiger partial charge < -0.3 is 14.8 Å². The average molecular weight is 379 g/mol. The summed E-state index contributed by atoms with van der Waals surface area (Å²) < 4.78 is 71.6. The van der Waals surface area contributed by atoms with E-state index < -0.39 is 27.0 Å². The first-order valence-corrected chi connectivity index (χ1v) is 7.78. The monoisotopic (exact) mass is 378 g/mol. The summed E-state index contributed by atoms with van der Waals surface area (Å²) in [6, 6.07) is 4.56. The van der Waals surface area contributed by atoms with Crippen molar-refractivity contribution >= 4 is 22.4 Å². The van der Waals surface area contributed by atoms with Gasteiger partial charge in [0.05, 0.1) is 6.61 Å². The minimum absolute atomic E-state index is 0. The van der Waals surface area contributed by atoms with Gasteiger partial charge in [-0.1, -0.05) is 12.1 Å². The Morgan fingerprint density at radius 2 is 1.78 bits per heavy atom. The normalized spacial score (nSPS) is 11.8. The summed E-state index contributed by atoms with van der Waals surface area (Å²) in [6.07, 6.45) is -4.96. The maximum Gasteiger partial charge on any atom is 0.573 e. The Balaban J connectivity index is 0.00000484. The first kappa shape index (κ1) is 21.9. The molecule has 1 rings (SSSR count). The van der Waals surface area contributed by atoms with E-state index in [4.69, 9.17) is 4.74 Å². The van der Waals surface area contributed by atoms with Crippen LogP contribution in [0, 0.1) is 0 Å². The summed E-state index contributed by atoms with van der Waals surface area (Å²) in [5, 5.41) is 2.90. The van der Waals surface area contributed by atoms with E-state index >= 15 is 0 Å². The summed E-state index contributed by atoms with van der Waals surface area (Å²) >= 11 is 0. The van der Waals surface area contributed by atoms with Crippen LogP contribution in [0.3, 0.4) is 0 Å². The van der Waals surface area contributed by atoms with E-state index in [1.165, 1.54) is 19.2 Å². The number of rotatable bonds is 9. The molecule has 0 fully saturated rings. The lowest BCUT2D eigenvalue weighted by molar-refractivity contribution is -0.275. The molecule has 0 saturated heterocycles. The second-order valence-corrected chi connectivity index (χ2v) is 5.87. The van der Waals surface area contributed by atoms with Gasteiger partial charge in [-0.2, -0.15) is 0 Å². The van der Waals surface area contributed by atoms with Crippen LogP contribution in [-0.4, -0.2) is 48.1 Å². The van der Waals surface area contributed by atoms with Gasteiger partial charge in [0.15, 0.2) is 0 Å². The lowest BCUT2D eigenvalue weighted by Gasteiger charge is -2.14. The fourth-order valence-electron chi connectivity index (χ4n) is 1.53. The molecule has 0 spiro atoms. The molecule has 2 N–H and O–H groups in total. The van der Waals surface area contributed by atoms with Crippen molar-refractivity contribution in [2.75, 3.05) is 33.4 Å². The van der Waals surface area contributed by atoms with E-state index in [0.717, 1.165) is 12.1 Å². The van der Waals surface area contributed by atoms with Gasteiger partial charge >= 0.3 is 6.36 Å². The average Bonchev–Trinajstić information content (AvgIpc) is 2.41. The number of benzene rings is 1. The highest BCUT2D eigenvalue weighted by Gasteiger charge is 2.33. The minimum atomic E-state index is -4.96. The molecule has 0 aliphatic carbocycles. The highest BCUT2D eigenvalue weighted by atomic mass is 35.5. The predicted octanol–water partition coefficient (Wildman–Crippen LogP) is 1.52. The second-order valence-electron chi connectivity index (χ2n) is 4.14. The maximum atomic E-state index is 12.3. The third-order valence-electron chi connectivity index (χ3n) is 2.44. The number of nitrogens with one attached hydrogen (secondary N) is 2. The topological polar surface area (TPSA) is 76.7 Å². The molecule has 0 unspecified atom stereocenters. The van der Waals surface area contributed by atoms with E-state index in [1.807, 2.05) is 0 Å². The summed E-state index contributed by atoms with van der Waals surface area (Å²) in [4.78, 5) is -0.566. The quantitative estimate of drug-likeness (QED) is 0.637. The minimum Gasteiger partial charge on any atom is -0.404 e. The van der Waals surface area contributed by atoms with Crippen molar-refractivity contribution in [1.29, 1.82) is 0 Å². The number of para-hydroxylation sites is 1. The summed E-state index contributed by atoms with van der Waals surface area (Å²) in [6.45, 7) is 1.33. The summed E-state index contributed by atoms with van der Waals surface area (Å²) in [5.74, 6) is -0.769. The van der Waals surface area contributed by atoms with Crippen LogP contribution >= 0.6 is 12.4 Å². The zero-order chi connectivity index (χ0) is 16.6. The highest BCUT2D eigenvalue weighted by molar-refractivity contribution is 7.89. The van der Waals surface area contributed by atoms with Crippen molar-refractivity contribution in [1.82, 2.24) is 10.0 Å². The molecule has 1 aromatic carbocycles. The van der Waals surface area contributed by atoms with E-state index in [0.29, 0.717) is 19.7 Å². The van der Waals surface area contributed by atoms with Crippen molar-refractivity contribution in [3.63, 3.8) is 0 Å². The van der Waals surface area contributed by atoms with Gasteiger partial charge in [0.2, 0.25) is 10.0 Å². The molecule has 0 saturated carbocycles. The van der Waals surface area contributed by atoms with Crippen LogP contribution in [0.25, 0.3) is 0 Å². The molecule has 0 aliphatic rings. The van der Waals surface area contributed by atoms with Gasteiger partial charge in [0.25, 0.3) is 0 Å². The van der Waals surface area contributed by atoms with Crippen molar-refractivity contribution < 1.29 is 31.1 Å². The van der Waals surface area contributed by atoms with Gasteiger partial charge in [-0.15, -0.1) is 25.6 Å². The van der Waals surface area contributed by atoms with Gasteiger partial charge in [0.1, 0.15) is 10.6 Å². The Kier molecular flexibility index (Phi) is 9.47. The van der Waals surface area contributed by atoms with Crippen LogP contribution in [0.2, 0.25) is 0 Å². The van der Waals surface area contributed by atoms with E-state index in [-0.39, 0.29) is 19.0 Å². The van der Waals surface area contributed by atoms with Crippen molar-refractivity contribution in [3.05, 3.63) is 24.3 Å². The molecule has 0 bridgehead atoms. The molecule has 0 radical (unpaired) electrons. The Morgan fingerprint density at radius 1 is 1.13 bits per heavy atom. The first-order chi connectivity index (χ1) is 10.3. The Labute approximate surface area is 138 Å². The Morgan fingerprint density at radius 3 is 2.39 bits per heavy atom. The summed E-state index contributed by atoms with van der Waals surface area (Å²) in [5.41, 5.74) is 0. The summed E-state index contributed by atoms with van der Waals surface area (Å²) in [7, 11) is -2.57. The number of ether oxygens (including phenoxy) is 2. The van der Waals surface area contributed by atoms with Crippen LogP contribution in [0.15, 0.2) is 29.2 Å². The number of halogens is 4. The smallest absolute Gasteiger partial charge is 0.404 e. The first-order valence-electron chi connectivity index (χ1n) is 6.30. The zero-order valence-corrected chi connectivity index (χ0v) is 13.9. The lowest BCUT2D eigenvalue weighted by Crippen LogP contribution is -2.33. The predicted molar refractivity (Wildman–Crippen MR) is 80.3 cm³/mol. The molecule has 0 amide bonds. The van der Waals surface area contributed by atoms with Gasteiger partial charge in [-0.3, -0.25) is 0 Å². The molecule has 23 heavy (non-hydrogen) atoms. The highest BCUT2D eigenvalue weighted by Crippen LogP contribution is 2.28. The molecule has 134 valence electrons. The van der Waals surface area contributed by atoms with Crippen LogP contribution in [0.4, 0.5) is 13.2 Å². The second kappa shape index (κ2) is 9.93. The molecule has 0 aromatic heterocycles. The molecular formula is C12H18ClF3N2O4S. The molecular weight excluding hydrogens is 361 g/mol. The van der Waals surface area contributed by atoms with Crippen molar-refractivity contribution in [2.45, 2.75) is 11.3 Å². The van der Waals surface area contributed by atoms with Crippen molar-refractivity contribution in [3.8, 4) is 5.75 Å². The molecule has 6 nitrogen and oxygen atoms in total. The molecule has 11 heteroatoms. The van der Waals surface area contributed by atoms with Gasteiger partial charge in [-0.05, 0) is 12.1 Å². The van der Waals surface area contributed by atoms with E-state index in [1.54, 1.807) is 0 Å².